The quantitative estimate of drug-likeness (QED) is 0.0541. The van der Waals surface area contributed by atoms with Gasteiger partial charge >= 0.3 is 11.9 Å². The van der Waals surface area contributed by atoms with Crippen LogP contribution in [-0.2, 0) is 14.4 Å². The van der Waals surface area contributed by atoms with Gasteiger partial charge in [0.25, 0.3) is 0 Å². The first-order chi connectivity index (χ1) is 23.9. The van der Waals surface area contributed by atoms with E-state index in [1.54, 1.807) is 38.5 Å². The summed E-state index contributed by atoms with van der Waals surface area (Å²) in [5, 5.41) is 1.42. The number of ether oxygens (including phenoxy) is 4. The number of unbranched alkanes of at least 4 members (excludes halogenated alkanes) is 2. The van der Waals surface area contributed by atoms with Crippen LogP contribution in [0.15, 0.2) is 47.5 Å². The van der Waals surface area contributed by atoms with Crippen molar-refractivity contribution in [3.8, 4) is 23.0 Å². The van der Waals surface area contributed by atoms with Gasteiger partial charge in [0.15, 0.2) is 28.8 Å². The fourth-order valence-corrected chi connectivity index (χ4v) is 12.1. The minimum absolute atomic E-state index is 0.000567. The Labute approximate surface area is 306 Å². The van der Waals surface area contributed by atoms with Crippen LogP contribution in [0.25, 0.3) is 12.2 Å². The predicted octanol–water partition coefficient (Wildman–Crippen LogP) is 10.2. The average Bonchev–Trinajstić information content (AvgIpc) is 3.83. The molecule has 0 radical (unpaired) electrons. The zero-order chi connectivity index (χ0) is 34.4. The van der Waals surface area contributed by atoms with Crippen LogP contribution in [0.1, 0.15) is 94.6 Å². The Balaban J connectivity index is 1.15. The molecule has 1 aliphatic carbocycles. The summed E-state index contributed by atoms with van der Waals surface area (Å²) in [7, 11) is 10.9. The Morgan fingerprint density at radius 2 is 1.16 bits per heavy atom. The Morgan fingerprint density at radius 3 is 1.57 bits per heavy atom. The maximum Gasteiger partial charge on any atom is 0.311 e. The third kappa shape index (κ3) is 11.8. The number of hydrogen-bond acceptors (Lipinski definition) is 11. The summed E-state index contributed by atoms with van der Waals surface area (Å²) in [6.07, 6.45) is 15.2. The summed E-state index contributed by atoms with van der Waals surface area (Å²) >= 11 is 0. The van der Waals surface area contributed by atoms with Crippen molar-refractivity contribution < 1.29 is 33.3 Å². The lowest BCUT2D eigenvalue weighted by Crippen LogP contribution is -2.12. The van der Waals surface area contributed by atoms with E-state index in [1.165, 1.54) is 24.3 Å². The molecule has 1 saturated carbocycles. The molecule has 3 fully saturated rings. The van der Waals surface area contributed by atoms with E-state index < -0.39 is 0 Å². The molecule has 2 atom stereocenters. The van der Waals surface area contributed by atoms with Gasteiger partial charge in [0.2, 0.25) is 0 Å². The number of Topliss-reactive ketones (excluding diaryl/α,β-unsaturated/α-hetero) is 1. The third-order valence-electron chi connectivity index (χ3n) is 8.75. The van der Waals surface area contributed by atoms with Crippen LogP contribution in [0, 0.1) is 0 Å². The molecule has 5 rings (SSSR count). The molecular formula is C38H46O7S4. The van der Waals surface area contributed by atoms with E-state index in [0.717, 1.165) is 56.1 Å². The van der Waals surface area contributed by atoms with Gasteiger partial charge in [0.05, 0.1) is 14.2 Å². The summed E-state index contributed by atoms with van der Waals surface area (Å²) in [6.45, 7) is 0. The van der Waals surface area contributed by atoms with Crippen molar-refractivity contribution in [2.24, 2.45) is 0 Å². The van der Waals surface area contributed by atoms with Gasteiger partial charge in [-0.3, -0.25) is 14.4 Å². The Morgan fingerprint density at radius 1 is 0.694 bits per heavy atom. The first-order valence-electron chi connectivity index (χ1n) is 17.2. The van der Waals surface area contributed by atoms with E-state index >= 15 is 0 Å². The summed E-state index contributed by atoms with van der Waals surface area (Å²) < 4.78 is 22.4. The van der Waals surface area contributed by atoms with Crippen molar-refractivity contribution in [3.05, 3.63) is 58.7 Å². The maximum atomic E-state index is 13.5. The van der Waals surface area contributed by atoms with Gasteiger partial charge in [-0.05, 0) is 105 Å². The Hall–Kier alpha value is -2.47. The highest BCUT2D eigenvalue weighted by molar-refractivity contribution is 8.77. The second-order valence-electron chi connectivity index (χ2n) is 12.4. The van der Waals surface area contributed by atoms with Crippen LogP contribution in [0.5, 0.6) is 23.0 Å². The summed E-state index contributed by atoms with van der Waals surface area (Å²) in [5.74, 6) is 3.60. The summed E-state index contributed by atoms with van der Waals surface area (Å²) in [5.41, 5.74) is 3.03. The standard InChI is InChI=1S/C38H46O7S4/c1-42-34-24-26(14-16-32(34)44-36(39)12-5-3-10-30-18-20-46-48-30)22-28-8-7-9-29(38(28)41)23-27-15-17-33(35(25-27)43-2)45-37(40)13-6-4-11-31-19-21-47-49-31/h14-17,22-25,30-31H,3-13,18-21H2,1-2H3/b28-22-,29-23-. The van der Waals surface area contributed by atoms with Gasteiger partial charge in [0, 0.05) is 46.0 Å². The van der Waals surface area contributed by atoms with Gasteiger partial charge in [-0.15, -0.1) is 0 Å². The van der Waals surface area contributed by atoms with Crippen LogP contribution in [0.3, 0.4) is 0 Å². The molecule has 0 N–H and O–H groups in total. The van der Waals surface area contributed by atoms with E-state index in [1.807, 2.05) is 67.5 Å². The lowest BCUT2D eigenvalue weighted by atomic mass is 9.87. The number of benzene rings is 2. The molecule has 2 heterocycles. The molecule has 2 unspecified atom stereocenters. The van der Waals surface area contributed by atoms with Gasteiger partial charge in [0.1, 0.15) is 0 Å². The predicted molar refractivity (Wildman–Crippen MR) is 206 cm³/mol. The molecule has 11 heteroatoms. The molecule has 3 aliphatic rings. The Kier molecular flexibility index (Phi) is 15.3. The molecule has 0 bridgehead atoms. The van der Waals surface area contributed by atoms with Crippen LogP contribution in [0.2, 0.25) is 0 Å². The number of carbonyl (C=O) groups is 3. The zero-order valence-corrected chi connectivity index (χ0v) is 31.6. The monoisotopic (exact) mass is 742 g/mol. The normalized spacial score (nSPS) is 20.9. The number of hydrogen-bond donors (Lipinski definition) is 0. The molecule has 2 saturated heterocycles. The van der Waals surface area contributed by atoms with Crippen LogP contribution in [-0.4, -0.2) is 53.9 Å². The van der Waals surface area contributed by atoms with Gasteiger partial charge in [-0.2, -0.15) is 0 Å². The number of allylic oxidation sites excluding steroid dienone is 2. The molecule has 0 spiro atoms. The smallest absolute Gasteiger partial charge is 0.311 e. The largest absolute Gasteiger partial charge is 0.493 e. The van der Waals surface area contributed by atoms with E-state index in [4.69, 9.17) is 18.9 Å². The minimum atomic E-state index is -0.263. The second-order valence-corrected chi connectivity index (χ2v) is 18.0. The number of carbonyl (C=O) groups excluding carboxylic acids is 3. The number of methoxy groups -OCH3 is 2. The summed E-state index contributed by atoms with van der Waals surface area (Å²) in [6, 6.07) is 10.8. The fraction of sp³-hybridized carbons (Fsp3) is 0.500. The SMILES string of the molecule is COc1cc(/C=C2/CCC/C(=C/c3ccc(OC(=O)CCCCC4CCSS4)c(OC)c3)C2=O)ccc1OC(=O)CCCCC1CCSS1. The lowest BCUT2D eigenvalue weighted by Gasteiger charge is -2.17. The molecular weight excluding hydrogens is 697 g/mol. The first kappa shape index (κ1) is 37.8. The van der Waals surface area contributed by atoms with Gasteiger partial charge in [-0.25, -0.2) is 0 Å². The molecule has 2 aromatic rings. The minimum Gasteiger partial charge on any atom is -0.493 e. The third-order valence-corrected chi connectivity index (χ3v) is 14.8. The Bertz CT molecular complexity index is 1400. The van der Waals surface area contributed by atoms with Crippen molar-refractivity contribution in [2.45, 2.75) is 94.0 Å². The highest BCUT2D eigenvalue weighted by Gasteiger charge is 2.22. The highest BCUT2D eigenvalue weighted by Crippen LogP contribution is 2.41. The zero-order valence-electron chi connectivity index (χ0n) is 28.4. The van der Waals surface area contributed by atoms with E-state index in [9.17, 15) is 14.4 Å². The van der Waals surface area contributed by atoms with Crippen molar-refractivity contribution in [2.75, 3.05) is 25.7 Å². The van der Waals surface area contributed by atoms with E-state index in [0.29, 0.717) is 70.3 Å². The molecule has 0 aromatic heterocycles. The number of rotatable bonds is 16. The topological polar surface area (TPSA) is 88.1 Å². The van der Waals surface area contributed by atoms with Gasteiger partial charge < -0.3 is 18.9 Å². The highest BCUT2D eigenvalue weighted by atomic mass is 33.1. The summed E-state index contributed by atoms with van der Waals surface area (Å²) in [4.78, 5) is 38.6. The van der Waals surface area contributed by atoms with E-state index in [-0.39, 0.29) is 17.7 Å². The molecule has 2 aliphatic heterocycles. The van der Waals surface area contributed by atoms with Crippen LogP contribution >= 0.6 is 43.2 Å². The molecule has 264 valence electrons. The lowest BCUT2D eigenvalue weighted by molar-refractivity contribution is -0.135. The maximum absolute atomic E-state index is 13.5. The average molecular weight is 743 g/mol. The molecule has 49 heavy (non-hydrogen) atoms. The molecule has 2 aromatic carbocycles. The van der Waals surface area contributed by atoms with Crippen LogP contribution < -0.4 is 18.9 Å². The van der Waals surface area contributed by atoms with Crippen molar-refractivity contribution >= 4 is 73.0 Å². The van der Waals surface area contributed by atoms with Crippen molar-refractivity contribution in [1.29, 1.82) is 0 Å². The molecule has 7 nitrogen and oxygen atoms in total. The first-order valence-corrected chi connectivity index (χ1v) is 22.0. The van der Waals surface area contributed by atoms with Crippen molar-refractivity contribution in [1.82, 2.24) is 0 Å². The van der Waals surface area contributed by atoms with Crippen molar-refractivity contribution in [3.63, 3.8) is 0 Å². The van der Waals surface area contributed by atoms with Crippen LogP contribution in [0.4, 0.5) is 0 Å². The van der Waals surface area contributed by atoms with E-state index in [2.05, 4.69) is 0 Å². The fourth-order valence-electron chi connectivity index (χ4n) is 6.06. The number of ketones is 1. The second kappa shape index (κ2) is 19.8. The number of esters is 2. The molecule has 0 amide bonds. The van der Waals surface area contributed by atoms with Gasteiger partial charge in [-0.1, -0.05) is 68.1 Å².